The maximum absolute atomic E-state index is 12.5. The van der Waals surface area contributed by atoms with Crippen LogP contribution in [0.15, 0.2) is 18.2 Å². The first kappa shape index (κ1) is 17.4. The number of nitrogens with one attached hydrogen (secondary N) is 1. The summed E-state index contributed by atoms with van der Waals surface area (Å²) in [4.78, 5) is 26.4. The van der Waals surface area contributed by atoms with Crippen molar-refractivity contribution in [3.8, 4) is 0 Å². The van der Waals surface area contributed by atoms with Gasteiger partial charge in [-0.2, -0.15) is 0 Å². The number of hydrogen-bond donors (Lipinski definition) is 2. The number of morpholine rings is 1. The van der Waals surface area contributed by atoms with Crippen molar-refractivity contribution in [3.05, 3.63) is 29.3 Å². The molecule has 1 unspecified atom stereocenters. The molecule has 1 aliphatic rings. The average Bonchev–Trinajstić information content (AvgIpc) is 2.57. The van der Waals surface area contributed by atoms with Gasteiger partial charge >= 0.3 is 0 Å². The third-order valence-corrected chi connectivity index (χ3v) is 3.98. The molecule has 0 bridgehead atoms. The lowest BCUT2D eigenvalue weighted by Gasteiger charge is -2.27. The van der Waals surface area contributed by atoms with Crippen LogP contribution in [0.25, 0.3) is 0 Å². The highest BCUT2D eigenvalue weighted by molar-refractivity contribution is 5.99. The van der Waals surface area contributed by atoms with Crippen LogP contribution in [0, 0.1) is 6.92 Å². The minimum absolute atomic E-state index is 0.0401. The molecule has 1 atom stereocenters. The molecule has 1 heterocycles. The minimum Gasteiger partial charge on any atom is -0.378 e. The van der Waals surface area contributed by atoms with Gasteiger partial charge in [-0.1, -0.05) is 19.4 Å². The van der Waals surface area contributed by atoms with Gasteiger partial charge in [-0.3, -0.25) is 9.59 Å². The maximum Gasteiger partial charge on any atom is 0.254 e. The van der Waals surface area contributed by atoms with E-state index in [1.165, 1.54) is 0 Å². The van der Waals surface area contributed by atoms with Gasteiger partial charge in [0.2, 0.25) is 5.91 Å². The second kappa shape index (κ2) is 8.08. The standard InChI is InChI=1S/C17H25N3O3/c1-3-4-14(18)16(21)19-15-11-13(6-5-12(15)2)17(22)20-7-9-23-10-8-20/h5-6,11,14H,3-4,7-10,18H2,1-2H3,(H,19,21). The average molecular weight is 319 g/mol. The zero-order chi connectivity index (χ0) is 16.8. The van der Waals surface area contributed by atoms with Crippen molar-refractivity contribution in [3.63, 3.8) is 0 Å². The molecule has 0 aromatic heterocycles. The van der Waals surface area contributed by atoms with E-state index in [2.05, 4.69) is 5.32 Å². The van der Waals surface area contributed by atoms with Gasteiger partial charge < -0.3 is 20.7 Å². The Labute approximate surface area is 137 Å². The molecule has 6 heteroatoms. The van der Waals surface area contributed by atoms with E-state index in [4.69, 9.17) is 10.5 Å². The van der Waals surface area contributed by atoms with Crippen LogP contribution in [0.2, 0.25) is 0 Å². The van der Waals surface area contributed by atoms with Crippen molar-refractivity contribution in [1.29, 1.82) is 0 Å². The molecule has 0 saturated carbocycles. The Morgan fingerprint density at radius 2 is 2.04 bits per heavy atom. The highest BCUT2D eigenvalue weighted by Crippen LogP contribution is 2.19. The first-order valence-corrected chi connectivity index (χ1v) is 8.07. The van der Waals surface area contributed by atoms with Gasteiger partial charge in [0.25, 0.3) is 5.91 Å². The van der Waals surface area contributed by atoms with Crippen LogP contribution in [0.1, 0.15) is 35.7 Å². The molecule has 2 amide bonds. The molecule has 1 saturated heterocycles. The molecule has 0 aliphatic carbocycles. The minimum atomic E-state index is -0.530. The lowest BCUT2D eigenvalue weighted by atomic mass is 10.1. The smallest absolute Gasteiger partial charge is 0.254 e. The first-order chi connectivity index (χ1) is 11.0. The Bertz CT molecular complexity index is 568. The number of nitrogens with zero attached hydrogens (tertiary/aromatic N) is 1. The van der Waals surface area contributed by atoms with Gasteiger partial charge in [-0.05, 0) is 31.0 Å². The van der Waals surface area contributed by atoms with Gasteiger partial charge in [0.1, 0.15) is 0 Å². The number of benzene rings is 1. The summed E-state index contributed by atoms with van der Waals surface area (Å²) in [6, 6.07) is 4.82. The summed E-state index contributed by atoms with van der Waals surface area (Å²) < 4.78 is 5.27. The molecule has 3 N–H and O–H groups in total. The Morgan fingerprint density at radius 3 is 2.70 bits per heavy atom. The van der Waals surface area contributed by atoms with Gasteiger partial charge in [0.05, 0.1) is 19.3 Å². The van der Waals surface area contributed by atoms with Crippen LogP contribution in [-0.4, -0.2) is 49.1 Å². The summed E-state index contributed by atoms with van der Waals surface area (Å²) in [7, 11) is 0. The molecule has 6 nitrogen and oxygen atoms in total. The summed E-state index contributed by atoms with van der Waals surface area (Å²) in [5.41, 5.74) is 7.95. The maximum atomic E-state index is 12.5. The van der Waals surface area contributed by atoms with Crippen molar-refractivity contribution in [2.75, 3.05) is 31.6 Å². The summed E-state index contributed by atoms with van der Waals surface area (Å²) in [6.07, 6.45) is 1.49. The quantitative estimate of drug-likeness (QED) is 0.862. The van der Waals surface area contributed by atoms with Gasteiger partial charge in [-0.15, -0.1) is 0 Å². The van der Waals surface area contributed by atoms with E-state index in [9.17, 15) is 9.59 Å². The molecule has 126 valence electrons. The molecular weight excluding hydrogens is 294 g/mol. The fourth-order valence-electron chi connectivity index (χ4n) is 2.51. The van der Waals surface area contributed by atoms with Crippen molar-refractivity contribution < 1.29 is 14.3 Å². The second-order valence-electron chi connectivity index (χ2n) is 5.82. The highest BCUT2D eigenvalue weighted by atomic mass is 16.5. The Morgan fingerprint density at radius 1 is 1.35 bits per heavy atom. The number of ether oxygens (including phenoxy) is 1. The van der Waals surface area contributed by atoms with E-state index in [0.29, 0.717) is 44.0 Å². The fourth-order valence-corrected chi connectivity index (χ4v) is 2.51. The zero-order valence-electron chi connectivity index (χ0n) is 13.8. The number of carbonyl (C=O) groups excluding carboxylic acids is 2. The van der Waals surface area contributed by atoms with Gasteiger partial charge in [0, 0.05) is 24.3 Å². The van der Waals surface area contributed by atoms with Crippen LogP contribution in [0.5, 0.6) is 0 Å². The van der Waals surface area contributed by atoms with E-state index in [1.807, 2.05) is 19.9 Å². The van der Waals surface area contributed by atoms with Crippen molar-refractivity contribution in [2.45, 2.75) is 32.7 Å². The van der Waals surface area contributed by atoms with Crippen LogP contribution < -0.4 is 11.1 Å². The van der Waals surface area contributed by atoms with Crippen LogP contribution in [0.3, 0.4) is 0 Å². The molecule has 23 heavy (non-hydrogen) atoms. The SMILES string of the molecule is CCCC(N)C(=O)Nc1cc(C(=O)N2CCOCC2)ccc1C. The Kier molecular flexibility index (Phi) is 6.12. The van der Waals surface area contributed by atoms with Gasteiger partial charge in [0.15, 0.2) is 0 Å². The van der Waals surface area contributed by atoms with Crippen LogP contribution in [-0.2, 0) is 9.53 Å². The third kappa shape index (κ3) is 4.53. The predicted octanol–water partition coefficient (Wildman–Crippen LogP) is 1.53. The Hall–Kier alpha value is -1.92. The normalized spacial score (nSPS) is 16.0. The number of rotatable bonds is 5. The van der Waals surface area contributed by atoms with Crippen molar-refractivity contribution in [2.24, 2.45) is 5.73 Å². The molecule has 0 spiro atoms. The molecule has 0 radical (unpaired) electrons. The lowest BCUT2D eigenvalue weighted by Crippen LogP contribution is -2.40. The number of amides is 2. The third-order valence-electron chi connectivity index (χ3n) is 3.98. The molecule has 1 fully saturated rings. The molecule has 1 aliphatic heterocycles. The zero-order valence-corrected chi connectivity index (χ0v) is 13.8. The van der Waals surface area contributed by atoms with E-state index >= 15 is 0 Å². The lowest BCUT2D eigenvalue weighted by molar-refractivity contribution is -0.117. The summed E-state index contributed by atoms with van der Waals surface area (Å²) >= 11 is 0. The van der Waals surface area contributed by atoms with Gasteiger partial charge in [-0.25, -0.2) is 0 Å². The van der Waals surface area contributed by atoms with Crippen molar-refractivity contribution in [1.82, 2.24) is 4.90 Å². The Balaban J connectivity index is 2.11. The van der Waals surface area contributed by atoms with Crippen LogP contribution in [0.4, 0.5) is 5.69 Å². The largest absolute Gasteiger partial charge is 0.378 e. The summed E-state index contributed by atoms with van der Waals surface area (Å²) in [5, 5.41) is 2.83. The fraction of sp³-hybridized carbons (Fsp3) is 0.529. The van der Waals surface area contributed by atoms with Crippen LogP contribution >= 0.6 is 0 Å². The number of anilines is 1. The number of carbonyl (C=O) groups is 2. The van der Waals surface area contributed by atoms with Crippen molar-refractivity contribution >= 4 is 17.5 Å². The molecule has 1 aromatic carbocycles. The summed E-state index contributed by atoms with van der Waals surface area (Å²) in [6.45, 7) is 6.19. The predicted molar refractivity (Wildman–Crippen MR) is 89.4 cm³/mol. The monoisotopic (exact) mass is 319 g/mol. The number of hydrogen-bond acceptors (Lipinski definition) is 4. The number of aryl methyl sites for hydroxylation is 1. The van der Waals surface area contributed by atoms with E-state index < -0.39 is 6.04 Å². The first-order valence-electron chi connectivity index (χ1n) is 8.07. The molecule has 1 aromatic rings. The molecule has 2 rings (SSSR count). The molecular formula is C17H25N3O3. The van der Waals surface area contributed by atoms with E-state index in [1.54, 1.807) is 17.0 Å². The van der Waals surface area contributed by atoms with E-state index in [-0.39, 0.29) is 11.8 Å². The summed E-state index contributed by atoms with van der Waals surface area (Å²) in [5.74, 6) is -0.257. The topological polar surface area (TPSA) is 84.7 Å². The second-order valence-corrected chi connectivity index (χ2v) is 5.82. The van der Waals surface area contributed by atoms with E-state index in [0.717, 1.165) is 12.0 Å². The number of nitrogens with two attached hydrogens (primary N) is 1. The highest BCUT2D eigenvalue weighted by Gasteiger charge is 2.20.